The number of nitrogens with zero attached hydrogens (tertiary/aromatic N) is 5. The molecule has 2 fully saturated rings. The van der Waals surface area contributed by atoms with Gasteiger partial charge < -0.3 is 24.0 Å². The number of ether oxygens (including phenoxy) is 3. The molecule has 4 amide bonds. The Morgan fingerprint density at radius 3 is 1.56 bits per heavy atom. The Kier molecular flexibility index (Phi) is 15.3. The first kappa shape index (κ1) is 46.1. The van der Waals surface area contributed by atoms with E-state index in [1.807, 2.05) is 25.7 Å². The molecule has 1 aromatic carbocycles. The van der Waals surface area contributed by atoms with Crippen molar-refractivity contribution in [2.75, 3.05) is 58.9 Å². The average molecular weight is 884 g/mol. The summed E-state index contributed by atoms with van der Waals surface area (Å²) in [5.74, 6) is -1.74. The molecule has 1 unspecified atom stereocenters. The minimum absolute atomic E-state index is 0.0741. The number of benzene rings is 1. The summed E-state index contributed by atoms with van der Waals surface area (Å²) in [6, 6.07) is 4.01. The summed E-state index contributed by atoms with van der Waals surface area (Å²) >= 11 is 2.14. The first-order chi connectivity index (χ1) is 25.1. The first-order valence-electron chi connectivity index (χ1n) is 19.0. The van der Waals surface area contributed by atoms with Crippen molar-refractivity contribution in [3.05, 3.63) is 32.9 Å². The number of likely N-dealkylation sites (tertiary alicyclic amines) is 1. The van der Waals surface area contributed by atoms with Gasteiger partial charge in [0.05, 0.1) is 6.54 Å². The Balaban J connectivity index is 2.12. The van der Waals surface area contributed by atoms with Crippen molar-refractivity contribution < 1.29 is 43.0 Å². The van der Waals surface area contributed by atoms with Crippen LogP contribution in [0.15, 0.2) is 18.2 Å². The molecular weight excluding hydrogens is 821 g/mol. The molecule has 0 bridgehead atoms. The van der Waals surface area contributed by atoms with Gasteiger partial charge in [-0.2, -0.15) is 0 Å². The molecule has 2 aliphatic heterocycles. The maximum Gasteiger partial charge on any atom is 0.410 e. The number of imide groups is 1. The largest absolute Gasteiger partial charge is 0.459 e. The van der Waals surface area contributed by atoms with Crippen molar-refractivity contribution in [2.45, 2.75) is 124 Å². The lowest BCUT2D eigenvalue weighted by molar-refractivity contribution is -0.162. The van der Waals surface area contributed by atoms with E-state index in [1.54, 1.807) is 69.5 Å². The predicted molar refractivity (Wildman–Crippen MR) is 217 cm³/mol. The maximum absolute atomic E-state index is 14.4. The molecule has 1 atom stereocenters. The Hall–Kier alpha value is -3.31. The van der Waals surface area contributed by atoms with E-state index in [4.69, 9.17) is 14.2 Å². The van der Waals surface area contributed by atoms with Crippen LogP contribution in [0.5, 0.6) is 0 Å². The van der Waals surface area contributed by atoms with Crippen molar-refractivity contribution in [1.29, 1.82) is 0 Å². The van der Waals surface area contributed by atoms with E-state index in [1.165, 1.54) is 0 Å². The maximum atomic E-state index is 14.4. The van der Waals surface area contributed by atoms with Crippen LogP contribution in [0.3, 0.4) is 0 Å². The first-order valence-corrected chi connectivity index (χ1v) is 20.1. The van der Waals surface area contributed by atoms with Crippen LogP contribution >= 0.6 is 22.6 Å². The number of ketones is 1. The molecule has 0 spiro atoms. The van der Waals surface area contributed by atoms with Gasteiger partial charge in [0.25, 0.3) is 0 Å². The molecule has 0 saturated carbocycles. The van der Waals surface area contributed by atoms with E-state index in [9.17, 15) is 28.8 Å². The highest BCUT2D eigenvalue weighted by molar-refractivity contribution is 14.1. The second-order valence-corrected chi connectivity index (χ2v) is 19.3. The van der Waals surface area contributed by atoms with Crippen LogP contribution in [0, 0.1) is 3.57 Å². The van der Waals surface area contributed by atoms with Gasteiger partial charge >= 0.3 is 18.2 Å². The Morgan fingerprint density at radius 2 is 1.09 bits per heavy atom. The fourth-order valence-electron chi connectivity index (χ4n) is 6.17. The number of halogens is 1. The van der Waals surface area contributed by atoms with Gasteiger partial charge in [0.15, 0.2) is 5.78 Å². The molecule has 1 aromatic rings. The number of Topliss-reactive ketones (excluding diaryl/α,β-unsaturated/α-hetero) is 1. The van der Waals surface area contributed by atoms with Crippen LogP contribution in [-0.2, 0) is 28.6 Å². The van der Waals surface area contributed by atoms with Crippen molar-refractivity contribution in [3.63, 3.8) is 0 Å². The number of amides is 4. The lowest BCUT2D eigenvalue weighted by atomic mass is 9.99. The molecule has 55 heavy (non-hydrogen) atoms. The van der Waals surface area contributed by atoms with Crippen LogP contribution < -0.4 is 0 Å². The number of carbonyl (C=O) groups excluding carboxylic acids is 6. The quantitative estimate of drug-likeness (QED) is 0.111. The molecular formula is C40H62IN5O9. The van der Waals surface area contributed by atoms with Gasteiger partial charge in [-0.05, 0) is 123 Å². The van der Waals surface area contributed by atoms with Crippen molar-refractivity contribution in [2.24, 2.45) is 0 Å². The number of rotatable bonds is 6. The van der Waals surface area contributed by atoms with Crippen LogP contribution in [0.4, 0.5) is 9.59 Å². The molecule has 308 valence electrons. The smallest absolute Gasteiger partial charge is 0.410 e. The fourth-order valence-corrected chi connectivity index (χ4v) is 6.80. The summed E-state index contributed by atoms with van der Waals surface area (Å²) in [5.41, 5.74) is -1.90. The van der Waals surface area contributed by atoms with Gasteiger partial charge in [-0.3, -0.25) is 29.1 Å². The molecule has 2 aliphatic rings. The third-order valence-electron chi connectivity index (χ3n) is 8.91. The zero-order chi connectivity index (χ0) is 41.7. The summed E-state index contributed by atoms with van der Waals surface area (Å²) < 4.78 is 18.3. The zero-order valence-corrected chi connectivity index (χ0v) is 37.0. The van der Waals surface area contributed by atoms with Crippen LogP contribution in [0.25, 0.3) is 0 Å². The number of hydrogen-bond acceptors (Lipinski definition) is 11. The summed E-state index contributed by atoms with van der Waals surface area (Å²) in [6.07, 6.45) is -0.890. The van der Waals surface area contributed by atoms with E-state index in [2.05, 4.69) is 48.3 Å². The van der Waals surface area contributed by atoms with E-state index in [0.29, 0.717) is 35.3 Å². The van der Waals surface area contributed by atoms with Gasteiger partial charge in [-0.15, -0.1) is 0 Å². The molecule has 14 nitrogen and oxygen atoms in total. The van der Waals surface area contributed by atoms with Gasteiger partial charge in [0, 0.05) is 79.9 Å². The zero-order valence-electron chi connectivity index (χ0n) is 34.9. The highest BCUT2D eigenvalue weighted by atomic mass is 127. The number of carbonyl (C=O) groups is 6. The van der Waals surface area contributed by atoms with E-state index in [0.717, 1.165) is 4.90 Å². The highest BCUT2D eigenvalue weighted by Crippen LogP contribution is 2.31. The third kappa shape index (κ3) is 14.3. The van der Waals surface area contributed by atoms with Gasteiger partial charge in [0.1, 0.15) is 22.8 Å². The van der Waals surface area contributed by atoms with Gasteiger partial charge in [-0.1, -0.05) is 6.07 Å². The lowest BCUT2D eigenvalue weighted by Crippen LogP contribution is -2.54. The second-order valence-electron chi connectivity index (χ2n) is 18.1. The van der Waals surface area contributed by atoms with Crippen molar-refractivity contribution in [1.82, 2.24) is 24.5 Å². The number of hydrogen-bond donors (Lipinski definition) is 0. The normalized spacial score (nSPS) is 18.4. The molecule has 2 heterocycles. The molecule has 0 aliphatic carbocycles. The van der Waals surface area contributed by atoms with E-state index < -0.39 is 46.8 Å². The second kappa shape index (κ2) is 18.3. The van der Waals surface area contributed by atoms with E-state index >= 15 is 0 Å². The SMILES string of the molecule is CC(C)(C)OC(=O)C(c1cc(C(=O)CN2C(=O)CCC2=O)ccc1I)N1CCN(C(=O)OC(C)(C)C)CCN(C(=O)OC(C)(C)C)CCN(C(C)(C)C)CC1. The molecule has 15 heteroatoms. The summed E-state index contributed by atoms with van der Waals surface area (Å²) in [4.78, 5) is 88.2. The topological polar surface area (TPSA) is 146 Å². The summed E-state index contributed by atoms with van der Waals surface area (Å²) in [5, 5.41) is 0. The van der Waals surface area contributed by atoms with Crippen LogP contribution in [0.2, 0.25) is 0 Å². The van der Waals surface area contributed by atoms with Gasteiger partial charge in [-0.25, -0.2) is 14.4 Å². The third-order valence-corrected chi connectivity index (χ3v) is 9.89. The monoisotopic (exact) mass is 883 g/mol. The Bertz CT molecular complexity index is 1570. The van der Waals surface area contributed by atoms with Crippen LogP contribution in [-0.4, -0.2) is 141 Å². The highest BCUT2D eigenvalue weighted by Gasteiger charge is 2.37. The average Bonchev–Trinajstić information content (AvgIpc) is 3.31. The Morgan fingerprint density at radius 1 is 0.655 bits per heavy atom. The minimum Gasteiger partial charge on any atom is -0.459 e. The number of esters is 1. The molecule has 0 N–H and O–H groups in total. The van der Waals surface area contributed by atoms with Crippen molar-refractivity contribution >= 4 is 58.3 Å². The molecule has 3 rings (SSSR count). The minimum atomic E-state index is -1.00. The molecule has 2 saturated heterocycles. The Labute approximate surface area is 340 Å². The molecule has 0 aromatic heterocycles. The van der Waals surface area contributed by atoms with Crippen molar-refractivity contribution in [3.8, 4) is 0 Å². The standard InChI is InChI=1S/C40H62IN5O9/c1-37(2,3)45-23-21-42(17-18-43(35(51)54-39(7,8)9)19-20-44(22-24-45)36(52)55-40(10,11)12)33(34(50)53-38(4,5)6)28-25-27(13-14-29(28)41)30(47)26-46-31(48)15-16-32(46)49/h13-14,25,33H,15-24,26H2,1-12H3. The van der Waals surface area contributed by atoms with Crippen LogP contribution in [0.1, 0.15) is 118 Å². The van der Waals surface area contributed by atoms with E-state index in [-0.39, 0.29) is 68.5 Å². The predicted octanol–water partition coefficient (Wildman–Crippen LogP) is 5.90. The summed E-state index contributed by atoms with van der Waals surface area (Å²) in [6.45, 7) is 24.3. The summed E-state index contributed by atoms with van der Waals surface area (Å²) in [7, 11) is 0. The lowest BCUT2D eigenvalue weighted by Gasteiger charge is -2.41. The molecule has 0 radical (unpaired) electrons. The van der Waals surface area contributed by atoms with Gasteiger partial charge in [0.2, 0.25) is 11.8 Å². The fraction of sp³-hybridized carbons (Fsp3) is 0.700.